The number of carbonyl (C=O) groups is 2. The second kappa shape index (κ2) is 26.0. The van der Waals surface area contributed by atoms with Crippen LogP contribution in [0.3, 0.4) is 0 Å². The van der Waals surface area contributed by atoms with Gasteiger partial charge in [0, 0.05) is 13.8 Å². The molecular formula is C40H68N2O31. The Kier molecular flexibility index (Phi) is 21.3. The summed E-state index contributed by atoms with van der Waals surface area (Å²) in [6.07, 6.45) is -54.1. The second-order valence-corrected chi connectivity index (χ2v) is 18.2. The molecule has 0 aromatic carbocycles. The summed E-state index contributed by atoms with van der Waals surface area (Å²) >= 11 is 0. The molecule has 6 aliphatic heterocycles. The van der Waals surface area contributed by atoms with Crippen molar-refractivity contribution in [1.82, 2.24) is 10.6 Å². The van der Waals surface area contributed by atoms with Crippen molar-refractivity contribution in [2.75, 3.05) is 39.6 Å². The Hall–Kier alpha value is -2.22. The molecule has 33 heteroatoms. The number of carbonyl (C=O) groups excluding carboxylic acids is 2. The van der Waals surface area contributed by atoms with E-state index in [1.807, 2.05) is 0 Å². The molecule has 73 heavy (non-hydrogen) atoms. The van der Waals surface area contributed by atoms with Gasteiger partial charge in [-0.15, -0.1) is 0 Å². The van der Waals surface area contributed by atoms with Gasteiger partial charge in [0.25, 0.3) is 0 Å². The van der Waals surface area contributed by atoms with E-state index in [1.54, 1.807) is 0 Å². The van der Waals surface area contributed by atoms with Gasteiger partial charge in [-0.25, -0.2) is 0 Å². The van der Waals surface area contributed by atoms with Gasteiger partial charge in [0.05, 0.1) is 39.6 Å². The lowest BCUT2D eigenvalue weighted by Crippen LogP contribution is -2.71. The molecule has 30 atom stereocenters. The van der Waals surface area contributed by atoms with Crippen LogP contribution in [0.15, 0.2) is 0 Å². The SMILES string of the molecule is CC(=O)N[C@H]1[C@H](O[C@@H]2[C@H](O)[C@H](O)O[C@H](CO)[C@H]2O)O[C@H](CO)[C@H](O[C@H]2O[C@H](CO)[C@@H](O[C@@H]3O[C@H](CO)[C@H](O)[C@H](O[C@@H]4O[C@H](CO)[C@@H](O)[C@H](O)[C@H]4O)[C@H]3NC(C)=O)[C@H](O)[C@H]2O)[C@@H]1O[C@@H]1O[C@H](CO)[C@@H](O)[C@H](O)[C@H]1O. The molecule has 6 fully saturated rings. The second-order valence-electron chi connectivity index (χ2n) is 18.2. The average Bonchev–Trinajstić information content (AvgIpc) is 3.36. The predicted molar refractivity (Wildman–Crippen MR) is 222 cm³/mol. The van der Waals surface area contributed by atoms with E-state index in [0.29, 0.717) is 0 Å². The molecule has 33 nitrogen and oxygen atoms in total. The lowest BCUT2D eigenvalue weighted by Gasteiger charge is -2.52. The van der Waals surface area contributed by atoms with E-state index in [9.17, 15) is 102 Å². The number of aliphatic hydroxyl groups excluding tert-OH is 18. The molecule has 0 aromatic heterocycles. The molecule has 0 spiro atoms. The first-order valence-electron chi connectivity index (χ1n) is 23.1. The Morgan fingerprint density at radius 3 is 1.11 bits per heavy atom. The zero-order valence-corrected chi connectivity index (χ0v) is 38.9. The summed E-state index contributed by atoms with van der Waals surface area (Å²) in [6, 6.07) is -3.55. The Balaban J connectivity index is 1.30. The van der Waals surface area contributed by atoms with Crippen LogP contribution in [0.4, 0.5) is 0 Å². The summed E-state index contributed by atoms with van der Waals surface area (Å²) in [6.45, 7) is -3.94. The average molecular weight is 1070 g/mol. The molecule has 6 heterocycles. The smallest absolute Gasteiger partial charge is 0.217 e. The fraction of sp³-hybridized carbons (Fsp3) is 0.950. The van der Waals surface area contributed by atoms with E-state index in [4.69, 9.17) is 52.1 Å². The van der Waals surface area contributed by atoms with Gasteiger partial charge in [-0.3, -0.25) is 9.59 Å². The molecule has 6 rings (SSSR count). The molecule has 424 valence electrons. The van der Waals surface area contributed by atoms with Crippen LogP contribution in [0, 0.1) is 0 Å². The Morgan fingerprint density at radius 1 is 0.329 bits per heavy atom. The Morgan fingerprint density at radius 2 is 0.644 bits per heavy atom. The van der Waals surface area contributed by atoms with Gasteiger partial charge < -0.3 is 155 Å². The molecule has 6 saturated heterocycles. The van der Waals surface area contributed by atoms with Crippen molar-refractivity contribution < 1.29 is 154 Å². The minimum absolute atomic E-state index is 0.835. The summed E-state index contributed by atoms with van der Waals surface area (Å²) in [4.78, 5) is 25.5. The third-order valence-electron chi connectivity index (χ3n) is 13.2. The van der Waals surface area contributed by atoms with Crippen molar-refractivity contribution in [3.8, 4) is 0 Å². The van der Waals surface area contributed by atoms with E-state index in [0.717, 1.165) is 13.8 Å². The first kappa shape index (κ1) is 60.0. The predicted octanol–water partition coefficient (Wildman–Crippen LogP) is -13.8. The summed E-state index contributed by atoms with van der Waals surface area (Å²) < 4.78 is 63.5. The van der Waals surface area contributed by atoms with Crippen LogP contribution in [-0.2, 0) is 61.7 Å². The van der Waals surface area contributed by atoms with Crippen molar-refractivity contribution >= 4 is 11.8 Å². The summed E-state index contributed by atoms with van der Waals surface area (Å²) in [7, 11) is 0. The van der Waals surface area contributed by atoms with Crippen molar-refractivity contribution in [2.24, 2.45) is 0 Å². The third kappa shape index (κ3) is 12.9. The normalized spacial score (nSPS) is 49.8. The maximum atomic E-state index is 12.9. The largest absolute Gasteiger partial charge is 0.394 e. The highest BCUT2D eigenvalue weighted by Gasteiger charge is 2.59. The van der Waals surface area contributed by atoms with Crippen molar-refractivity contribution in [2.45, 2.75) is 198 Å². The van der Waals surface area contributed by atoms with Gasteiger partial charge in [0.2, 0.25) is 11.8 Å². The number of ether oxygens (including phenoxy) is 11. The van der Waals surface area contributed by atoms with Crippen molar-refractivity contribution in [3.05, 3.63) is 0 Å². The number of hydrogen-bond donors (Lipinski definition) is 20. The van der Waals surface area contributed by atoms with Crippen LogP contribution in [0.1, 0.15) is 13.8 Å². The minimum atomic E-state index is -2.30. The van der Waals surface area contributed by atoms with Crippen LogP contribution in [0.5, 0.6) is 0 Å². The topological polar surface area (TPSA) is 524 Å². The van der Waals surface area contributed by atoms with Crippen LogP contribution in [0.2, 0.25) is 0 Å². The first-order chi connectivity index (χ1) is 34.5. The number of nitrogens with one attached hydrogen (secondary N) is 2. The minimum Gasteiger partial charge on any atom is -0.394 e. The van der Waals surface area contributed by atoms with Crippen LogP contribution < -0.4 is 10.6 Å². The van der Waals surface area contributed by atoms with Crippen molar-refractivity contribution in [3.63, 3.8) is 0 Å². The third-order valence-corrected chi connectivity index (χ3v) is 13.2. The van der Waals surface area contributed by atoms with E-state index in [2.05, 4.69) is 10.6 Å². The Bertz CT molecular complexity index is 1740. The summed E-state index contributed by atoms with van der Waals surface area (Å²) in [5, 5.41) is 196. The number of aliphatic hydroxyl groups is 18. The van der Waals surface area contributed by atoms with Crippen LogP contribution >= 0.6 is 0 Å². The number of amides is 2. The van der Waals surface area contributed by atoms with Gasteiger partial charge in [0.1, 0.15) is 146 Å². The molecule has 0 aromatic rings. The first-order valence-corrected chi connectivity index (χ1v) is 23.1. The van der Waals surface area contributed by atoms with E-state index in [-0.39, 0.29) is 0 Å². The van der Waals surface area contributed by atoms with Gasteiger partial charge in [-0.2, -0.15) is 0 Å². The fourth-order valence-corrected chi connectivity index (χ4v) is 9.31. The molecule has 0 aliphatic carbocycles. The monoisotopic (exact) mass is 1070 g/mol. The molecule has 0 unspecified atom stereocenters. The van der Waals surface area contributed by atoms with E-state index < -0.39 is 236 Å². The van der Waals surface area contributed by atoms with Crippen LogP contribution in [0.25, 0.3) is 0 Å². The van der Waals surface area contributed by atoms with E-state index in [1.165, 1.54) is 0 Å². The number of hydrogen-bond acceptors (Lipinski definition) is 31. The molecule has 0 saturated carbocycles. The van der Waals surface area contributed by atoms with Gasteiger partial charge in [-0.1, -0.05) is 0 Å². The molecule has 20 N–H and O–H groups in total. The zero-order chi connectivity index (χ0) is 53.9. The quantitative estimate of drug-likeness (QED) is 0.0606. The molecule has 2 amide bonds. The zero-order valence-electron chi connectivity index (χ0n) is 38.9. The fourth-order valence-electron chi connectivity index (χ4n) is 9.31. The van der Waals surface area contributed by atoms with E-state index >= 15 is 0 Å². The highest BCUT2D eigenvalue weighted by molar-refractivity contribution is 5.73. The maximum absolute atomic E-state index is 12.9. The highest BCUT2D eigenvalue weighted by Crippen LogP contribution is 2.38. The number of rotatable bonds is 18. The molecular weight excluding hydrogens is 1000 g/mol. The highest BCUT2D eigenvalue weighted by atomic mass is 16.8. The lowest BCUT2D eigenvalue weighted by molar-refractivity contribution is -0.392. The standard InChI is InChI=1S/C40H68N2O31/c1-9(49)41-17-32(71-38-26(58)23(55)19(51)11(3-43)65-38)21(53)14(6-46)64-36(17)69-30-15(7-47)68-40(28(60)25(30)57)70-31-16(8-48)67-37(73-34-22(54)13(5-45)63-35(62)29(34)61)18(42-10(2)50)33(31)72-39-27(59)24(56)20(52)12(4-44)66-39/h11-40,43-48,51-62H,3-8H2,1-2H3,(H,41,49)(H,42,50)/t11-,12-,13-,14-,15-,16-,17-,18-,19-,20-,21+,22-,23+,24+,25-,26-,27-,28-,29+,30-,31+,32-,33-,34+,35-,36+,37+,38+,39+,40-/m1/s1. The molecule has 0 radical (unpaired) electrons. The van der Waals surface area contributed by atoms with Gasteiger partial charge in [0.15, 0.2) is 37.7 Å². The van der Waals surface area contributed by atoms with Gasteiger partial charge in [-0.05, 0) is 0 Å². The maximum Gasteiger partial charge on any atom is 0.217 e. The van der Waals surface area contributed by atoms with Gasteiger partial charge >= 0.3 is 0 Å². The molecule has 6 aliphatic rings. The Labute approximate surface area is 413 Å². The van der Waals surface area contributed by atoms with Crippen molar-refractivity contribution in [1.29, 1.82) is 0 Å². The summed E-state index contributed by atoms with van der Waals surface area (Å²) in [5.41, 5.74) is 0. The summed E-state index contributed by atoms with van der Waals surface area (Å²) in [5.74, 6) is -1.73. The lowest BCUT2D eigenvalue weighted by atomic mass is 9.93. The van der Waals surface area contributed by atoms with Crippen LogP contribution in [-0.4, -0.2) is 327 Å². The molecule has 0 bridgehead atoms.